The number of hydrogen-bond acceptors (Lipinski definition) is 2. The third kappa shape index (κ3) is 34.6. The lowest BCUT2D eigenvalue weighted by atomic mass is 10.4. The molecule has 0 atom stereocenters. The summed E-state index contributed by atoms with van der Waals surface area (Å²) in [5.41, 5.74) is 0. The Bertz CT molecular complexity index is 117. The standard InChI is InChI=1S/C7H13NO.2C2H6/c1-7(9)5-4-6-8(2)3;2*1-2/h4-5H,6H2,1-3H3;2*1-2H3/b5-4+;;. The Morgan fingerprint density at radius 2 is 1.54 bits per heavy atom. The van der Waals surface area contributed by atoms with Gasteiger partial charge in [0.15, 0.2) is 5.78 Å². The van der Waals surface area contributed by atoms with Crippen LogP contribution in [-0.4, -0.2) is 31.3 Å². The lowest BCUT2D eigenvalue weighted by molar-refractivity contribution is -0.112. The fraction of sp³-hybridized carbons (Fsp3) is 0.727. The van der Waals surface area contributed by atoms with E-state index in [0.717, 1.165) is 6.54 Å². The molecule has 0 fully saturated rings. The van der Waals surface area contributed by atoms with Gasteiger partial charge in [-0.3, -0.25) is 4.79 Å². The van der Waals surface area contributed by atoms with Gasteiger partial charge in [-0.2, -0.15) is 0 Å². The van der Waals surface area contributed by atoms with Crippen LogP contribution in [0.2, 0.25) is 0 Å². The quantitative estimate of drug-likeness (QED) is 0.633. The molecule has 0 aromatic carbocycles. The molecule has 0 heterocycles. The summed E-state index contributed by atoms with van der Waals surface area (Å²) in [6, 6.07) is 0. The van der Waals surface area contributed by atoms with Crippen LogP contribution in [0.1, 0.15) is 34.6 Å². The van der Waals surface area contributed by atoms with Crippen molar-refractivity contribution in [1.29, 1.82) is 0 Å². The Morgan fingerprint density at radius 3 is 1.77 bits per heavy atom. The smallest absolute Gasteiger partial charge is 0.152 e. The number of carbonyl (C=O) groups is 1. The molecule has 0 spiro atoms. The molecule has 0 unspecified atom stereocenters. The van der Waals surface area contributed by atoms with E-state index in [1.54, 1.807) is 13.0 Å². The second kappa shape index (κ2) is 17.5. The monoisotopic (exact) mass is 187 g/mol. The summed E-state index contributed by atoms with van der Waals surface area (Å²) in [5.74, 6) is 0.108. The van der Waals surface area contributed by atoms with E-state index in [9.17, 15) is 4.79 Å². The predicted molar refractivity (Wildman–Crippen MR) is 61.1 cm³/mol. The van der Waals surface area contributed by atoms with Gasteiger partial charge in [0.25, 0.3) is 0 Å². The van der Waals surface area contributed by atoms with Crippen LogP contribution >= 0.6 is 0 Å². The maximum atomic E-state index is 10.3. The average molecular weight is 187 g/mol. The molecular weight excluding hydrogens is 162 g/mol. The lowest BCUT2D eigenvalue weighted by Gasteiger charge is -2.02. The summed E-state index contributed by atoms with van der Waals surface area (Å²) < 4.78 is 0. The number of nitrogens with zero attached hydrogens (tertiary/aromatic N) is 1. The summed E-state index contributed by atoms with van der Waals surface area (Å²) in [6.45, 7) is 10.4. The molecule has 0 aromatic heterocycles. The minimum absolute atomic E-state index is 0.108. The number of ketones is 1. The van der Waals surface area contributed by atoms with Crippen LogP contribution in [0.5, 0.6) is 0 Å². The van der Waals surface area contributed by atoms with Gasteiger partial charge in [-0.15, -0.1) is 0 Å². The highest BCUT2D eigenvalue weighted by Gasteiger charge is 1.83. The zero-order chi connectivity index (χ0) is 11.3. The summed E-state index contributed by atoms with van der Waals surface area (Å²) in [6.07, 6.45) is 3.43. The van der Waals surface area contributed by atoms with Crippen LogP contribution < -0.4 is 0 Å². The molecule has 13 heavy (non-hydrogen) atoms. The van der Waals surface area contributed by atoms with Crippen molar-refractivity contribution in [1.82, 2.24) is 4.90 Å². The molecule has 0 radical (unpaired) electrons. The molecule has 0 aromatic rings. The lowest BCUT2D eigenvalue weighted by Crippen LogP contribution is -2.10. The van der Waals surface area contributed by atoms with Gasteiger partial charge in [0.2, 0.25) is 0 Å². The van der Waals surface area contributed by atoms with Gasteiger partial charge in [-0.1, -0.05) is 33.8 Å². The van der Waals surface area contributed by atoms with Gasteiger partial charge in [0.05, 0.1) is 0 Å². The first-order valence-electron chi connectivity index (χ1n) is 4.95. The molecule has 0 aliphatic carbocycles. The number of hydrogen-bond donors (Lipinski definition) is 0. The zero-order valence-corrected chi connectivity index (χ0v) is 10.2. The van der Waals surface area contributed by atoms with Gasteiger partial charge in [-0.25, -0.2) is 0 Å². The van der Waals surface area contributed by atoms with Crippen molar-refractivity contribution in [2.45, 2.75) is 34.6 Å². The Morgan fingerprint density at radius 1 is 1.15 bits per heavy atom. The highest BCUT2D eigenvalue weighted by Crippen LogP contribution is 1.77. The molecule has 80 valence electrons. The van der Waals surface area contributed by atoms with Crippen LogP contribution in [0, 0.1) is 0 Å². The topological polar surface area (TPSA) is 20.3 Å². The normalized spacial score (nSPS) is 8.62. The van der Waals surface area contributed by atoms with Gasteiger partial charge >= 0.3 is 0 Å². The third-order valence-electron chi connectivity index (χ3n) is 0.823. The van der Waals surface area contributed by atoms with E-state index in [1.165, 1.54) is 0 Å². The van der Waals surface area contributed by atoms with E-state index < -0.39 is 0 Å². The Hall–Kier alpha value is -0.630. The first kappa shape index (κ1) is 18.2. The van der Waals surface area contributed by atoms with Gasteiger partial charge in [0.1, 0.15) is 0 Å². The van der Waals surface area contributed by atoms with E-state index in [0.29, 0.717) is 0 Å². The molecule has 0 aliphatic rings. The first-order chi connectivity index (χ1) is 6.13. The summed E-state index contributed by atoms with van der Waals surface area (Å²) in [7, 11) is 3.93. The second-order valence-corrected chi connectivity index (χ2v) is 2.28. The fourth-order valence-corrected chi connectivity index (χ4v) is 0.429. The number of allylic oxidation sites excluding steroid dienone is 1. The third-order valence-corrected chi connectivity index (χ3v) is 0.823. The van der Waals surface area contributed by atoms with E-state index in [1.807, 2.05) is 52.8 Å². The second-order valence-electron chi connectivity index (χ2n) is 2.28. The van der Waals surface area contributed by atoms with Gasteiger partial charge in [-0.05, 0) is 27.1 Å². The van der Waals surface area contributed by atoms with Crippen molar-refractivity contribution in [3.63, 3.8) is 0 Å². The van der Waals surface area contributed by atoms with Gasteiger partial charge < -0.3 is 4.90 Å². The molecule has 0 bridgehead atoms. The molecular formula is C11H25NO. The number of rotatable bonds is 3. The minimum atomic E-state index is 0.108. The summed E-state index contributed by atoms with van der Waals surface area (Å²) in [5, 5.41) is 0. The van der Waals surface area contributed by atoms with Crippen molar-refractivity contribution in [3.05, 3.63) is 12.2 Å². The van der Waals surface area contributed by atoms with Crippen LogP contribution in [0.4, 0.5) is 0 Å². The van der Waals surface area contributed by atoms with Crippen LogP contribution in [0.3, 0.4) is 0 Å². The van der Waals surface area contributed by atoms with Crippen molar-refractivity contribution < 1.29 is 4.79 Å². The Balaban J connectivity index is -0.000000218. The SMILES string of the molecule is CC.CC.CC(=O)/C=C/CN(C)C. The first-order valence-corrected chi connectivity index (χ1v) is 4.95. The molecule has 0 amide bonds. The Kier molecular flexibility index (Phi) is 24.5. The average Bonchev–Trinajstić information content (AvgIpc) is 2.10. The molecule has 0 saturated heterocycles. The van der Waals surface area contributed by atoms with E-state index in [2.05, 4.69) is 0 Å². The van der Waals surface area contributed by atoms with Crippen molar-refractivity contribution in [2.24, 2.45) is 0 Å². The molecule has 0 aliphatic heterocycles. The molecule has 2 nitrogen and oxygen atoms in total. The molecule has 0 rings (SSSR count). The van der Waals surface area contributed by atoms with Crippen LogP contribution in [0.25, 0.3) is 0 Å². The summed E-state index contributed by atoms with van der Waals surface area (Å²) in [4.78, 5) is 12.3. The van der Waals surface area contributed by atoms with Gasteiger partial charge in [0, 0.05) is 6.54 Å². The van der Waals surface area contributed by atoms with Crippen LogP contribution in [-0.2, 0) is 4.79 Å². The van der Waals surface area contributed by atoms with E-state index in [-0.39, 0.29) is 5.78 Å². The number of likely N-dealkylation sites (N-methyl/N-ethyl adjacent to an activating group) is 1. The largest absolute Gasteiger partial charge is 0.306 e. The molecule has 0 saturated carbocycles. The maximum absolute atomic E-state index is 10.3. The van der Waals surface area contributed by atoms with Crippen molar-refractivity contribution in [3.8, 4) is 0 Å². The van der Waals surface area contributed by atoms with Crippen LogP contribution in [0.15, 0.2) is 12.2 Å². The highest BCUT2D eigenvalue weighted by molar-refractivity contribution is 5.87. The molecule has 2 heteroatoms. The maximum Gasteiger partial charge on any atom is 0.152 e. The fourth-order valence-electron chi connectivity index (χ4n) is 0.429. The molecule has 0 N–H and O–H groups in total. The van der Waals surface area contributed by atoms with Crippen molar-refractivity contribution >= 4 is 5.78 Å². The number of carbonyl (C=O) groups excluding carboxylic acids is 1. The minimum Gasteiger partial charge on any atom is -0.306 e. The highest BCUT2D eigenvalue weighted by atomic mass is 16.1. The summed E-state index contributed by atoms with van der Waals surface area (Å²) >= 11 is 0. The Labute approximate surface area is 83.6 Å². The zero-order valence-electron chi connectivity index (χ0n) is 10.2. The predicted octanol–water partition coefficient (Wildman–Crippen LogP) is 2.75. The van der Waals surface area contributed by atoms with Crippen molar-refractivity contribution in [2.75, 3.05) is 20.6 Å². The van der Waals surface area contributed by atoms with E-state index in [4.69, 9.17) is 0 Å². The van der Waals surface area contributed by atoms with E-state index >= 15 is 0 Å².